The van der Waals surface area contributed by atoms with Crippen LogP contribution in [0.25, 0.3) is 38.6 Å². The first kappa shape index (κ1) is 27.9. The molecule has 5 nitrogen and oxygen atoms in total. The number of fused-ring (bicyclic) bond motifs is 4. The highest BCUT2D eigenvalue weighted by Crippen LogP contribution is 2.46. The van der Waals surface area contributed by atoms with Crippen molar-refractivity contribution in [1.82, 2.24) is 9.38 Å². The number of methoxy groups -OCH3 is 1. The van der Waals surface area contributed by atoms with Gasteiger partial charge >= 0.3 is 8.38 Å². The Morgan fingerprint density at radius 2 is 1.32 bits per heavy atom. The van der Waals surface area contributed by atoms with E-state index in [1.807, 2.05) is 48.5 Å². The maximum Gasteiger partial charge on any atom is 0.326 e. The lowest BCUT2D eigenvalue weighted by Crippen LogP contribution is -2.15. The van der Waals surface area contributed by atoms with Crippen LogP contribution in [0.4, 0.5) is 0 Å². The highest BCUT2D eigenvalue weighted by Gasteiger charge is 2.28. The second-order valence-corrected chi connectivity index (χ2v) is 12.5. The Hall–Kier alpha value is -4.86. The zero-order valence-electron chi connectivity index (χ0n) is 25.5. The van der Waals surface area contributed by atoms with E-state index >= 15 is 0 Å². The van der Waals surface area contributed by atoms with Gasteiger partial charge in [-0.2, -0.15) is 0 Å². The Morgan fingerprint density at radius 3 is 2.00 bits per heavy atom. The molecule has 0 unspecified atom stereocenters. The van der Waals surface area contributed by atoms with E-state index in [-0.39, 0.29) is 0 Å². The maximum absolute atomic E-state index is 6.86. The molecule has 44 heavy (non-hydrogen) atoms. The van der Waals surface area contributed by atoms with Crippen molar-refractivity contribution in [2.75, 3.05) is 7.11 Å². The molecule has 0 bridgehead atoms. The molecule has 0 spiro atoms. The number of nitrogens with zero attached hydrogens (tertiary/aromatic N) is 2. The average Bonchev–Trinajstić information content (AvgIpc) is 3.35. The Balaban J connectivity index is 1.55. The van der Waals surface area contributed by atoms with Crippen molar-refractivity contribution in [3.63, 3.8) is 0 Å². The third-order valence-corrected chi connectivity index (χ3v) is 9.64. The van der Waals surface area contributed by atoms with Gasteiger partial charge in [-0.05, 0) is 91.6 Å². The monoisotopic (exact) mass is 596 g/mol. The number of para-hydroxylation sites is 2. The summed E-state index contributed by atoms with van der Waals surface area (Å²) in [5, 5.41) is 3.19. The minimum Gasteiger partial charge on any atom is -0.497 e. The first-order valence-corrected chi connectivity index (χ1v) is 15.9. The summed E-state index contributed by atoms with van der Waals surface area (Å²) < 4.78 is 21.6. The lowest BCUT2D eigenvalue weighted by Gasteiger charge is -2.24. The minimum absolute atomic E-state index is 0.796. The highest BCUT2D eigenvalue weighted by atomic mass is 31.2. The third-order valence-electron chi connectivity index (χ3n) is 8.15. The molecule has 7 rings (SSSR count). The zero-order valence-corrected chi connectivity index (χ0v) is 26.4. The fourth-order valence-corrected chi connectivity index (χ4v) is 7.53. The van der Waals surface area contributed by atoms with Gasteiger partial charge in [0.1, 0.15) is 17.2 Å². The van der Waals surface area contributed by atoms with Crippen LogP contribution in [-0.4, -0.2) is 16.5 Å². The molecule has 6 heteroatoms. The van der Waals surface area contributed by atoms with E-state index in [9.17, 15) is 0 Å². The van der Waals surface area contributed by atoms with Crippen LogP contribution < -0.4 is 19.1 Å². The molecule has 0 aliphatic carbocycles. The maximum atomic E-state index is 6.86. The summed E-state index contributed by atoms with van der Waals surface area (Å²) in [5.74, 6) is 2.39. The average molecular weight is 597 g/mol. The second-order valence-electron chi connectivity index (χ2n) is 11.1. The molecule has 0 aliphatic rings. The van der Waals surface area contributed by atoms with Crippen LogP contribution in [0.2, 0.25) is 0 Å². The summed E-state index contributed by atoms with van der Waals surface area (Å²) in [4.78, 5) is 5.39. The molecule has 0 aliphatic heterocycles. The second kappa shape index (κ2) is 11.3. The molecule has 218 valence electrons. The molecular weight excluding hydrogens is 563 g/mol. The normalized spacial score (nSPS) is 11.5. The van der Waals surface area contributed by atoms with Crippen LogP contribution in [0.15, 0.2) is 109 Å². The predicted molar refractivity (Wildman–Crippen MR) is 182 cm³/mol. The van der Waals surface area contributed by atoms with Crippen LogP contribution in [0.3, 0.4) is 0 Å². The number of benzene rings is 5. The van der Waals surface area contributed by atoms with Crippen LogP contribution in [0, 0.1) is 27.7 Å². The van der Waals surface area contributed by atoms with Crippen molar-refractivity contribution in [3.8, 4) is 28.5 Å². The molecule has 0 saturated carbocycles. The summed E-state index contributed by atoms with van der Waals surface area (Å²) in [7, 11) is 0.0591. The summed E-state index contributed by atoms with van der Waals surface area (Å²) >= 11 is 0. The first-order chi connectivity index (χ1) is 21.4. The molecule has 5 aromatic carbocycles. The Labute approximate surface area is 258 Å². The molecule has 0 amide bonds. The smallest absolute Gasteiger partial charge is 0.326 e. The number of hydrogen-bond acceptors (Lipinski definition) is 4. The quantitative estimate of drug-likeness (QED) is 0.172. The molecule has 7 aromatic rings. The van der Waals surface area contributed by atoms with E-state index in [1.54, 1.807) is 7.11 Å². The van der Waals surface area contributed by atoms with Crippen molar-refractivity contribution in [3.05, 3.63) is 132 Å². The standard InChI is InChI=1S/C38H33N2O3P/c1-24-12-6-10-16-33(24)42-44(43-34-17-11-7-13-25(34)2)35-21-18-28-14-8-9-15-30(28)36(35)37-38-26(3)22-27(4)40(38)32-23-29(41-5)19-20-31(32)39-37/h6-23H,1-5H3. The molecular formula is C38H33N2O3P. The van der Waals surface area contributed by atoms with E-state index < -0.39 is 8.38 Å². The fourth-order valence-electron chi connectivity index (χ4n) is 5.93. The minimum atomic E-state index is -1.64. The van der Waals surface area contributed by atoms with Gasteiger partial charge < -0.3 is 18.2 Å². The number of rotatable bonds is 7. The summed E-state index contributed by atoms with van der Waals surface area (Å²) in [6.07, 6.45) is 0. The van der Waals surface area contributed by atoms with E-state index in [1.165, 1.54) is 0 Å². The van der Waals surface area contributed by atoms with Gasteiger partial charge in [-0.15, -0.1) is 0 Å². The first-order valence-electron chi connectivity index (χ1n) is 14.7. The van der Waals surface area contributed by atoms with Crippen molar-refractivity contribution in [2.45, 2.75) is 27.7 Å². The van der Waals surface area contributed by atoms with E-state index in [0.29, 0.717) is 0 Å². The molecule has 2 heterocycles. The summed E-state index contributed by atoms with van der Waals surface area (Å²) in [6, 6.07) is 37.3. The molecule has 0 fully saturated rings. The highest BCUT2D eigenvalue weighted by molar-refractivity contribution is 7.57. The fraction of sp³-hybridized carbons (Fsp3) is 0.132. The number of aryl methyl sites for hydroxylation is 4. The number of hydrogen-bond donors (Lipinski definition) is 0. The predicted octanol–water partition coefficient (Wildman–Crippen LogP) is 9.65. The van der Waals surface area contributed by atoms with Gasteiger partial charge in [0.05, 0.1) is 34.7 Å². The Bertz CT molecular complexity index is 2140. The molecule has 0 N–H and O–H groups in total. The van der Waals surface area contributed by atoms with Crippen molar-refractivity contribution in [1.29, 1.82) is 0 Å². The lowest BCUT2D eigenvalue weighted by molar-refractivity contribution is 0.415. The van der Waals surface area contributed by atoms with E-state index in [4.69, 9.17) is 18.8 Å². The van der Waals surface area contributed by atoms with Crippen LogP contribution in [0.5, 0.6) is 17.2 Å². The van der Waals surface area contributed by atoms with Gasteiger partial charge in [0, 0.05) is 17.3 Å². The summed E-state index contributed by atoms with van der Waals surface area (Å²) in [6.45, 7) is 8.42. The molecule has 0 atom stereocenters. The zero-order chi connectivity index (χ0) is 30.4. The van der Waals surface area contributed by atoms with Crippen molar-refractivity contribution < 1.29 is 13.8 Å². The largest absolute Gasteiger partial charge is 0.497 e. The van der Waals surface area contributed by atoms with Gasteiger partial charge in [-0.25, -0.2) is 4.98 Å². The lowest BCUT2D eigenvalue weighted by atomic mass is 10.00. The van der Waals surface area contributed by atoms with Gasteiger partial charge in [-0.3, -0.25) is 0 Å². The SMILES string of the molecule is COc1ccc2nc(-c3c(P(Oc4ccccc4C)Oc4ccccc4C)ccc4ccccc34)c3c(C)cc(C)n3c2c1. The van der Waals surface area contributed by atoms with Gasteiger partial charge in [0.15, 0.2) is 0 Å². The van der Waals surface area contributed by atoms with Crippen molar-refractivity contribution >= 4 is 41.0 Å². The van der Waals surface area contributed by atoms with Gasteiger partial charge in [0.2, 0.25) is 0 Å². The Morgan fingerprint density at radius 1 is 0.659 bits per heavy atom. The Kier molecular flexibility index (Phi) is 7.20. The van der Waals surface area contributed by atoms with Crippen LogP contribution in [-0.2, 0) is 0 Å². The third kappa shape index (κ3) is 4.84. The number of ether oxygens (including phenoxy) is 1. The van der Waals surface area contributed by atoms with E-state index in [0.717, 1.165) is 83.5 Å². The van der Waals surface area contributed by atoms with Crippen LogP contribution >= 0.6 is 8.38 Å². The van der Waals surface area contributed by atoms with Gasteiger partial charge in [0.25, 0.3) is 0 Å². The van der Waals surface area contributed by atoms with Crippen molar-refractivity contribution in [2.24, 2.45) is 0 Å². The molecule has 2 aromatic heterocycles. The van der Waals surface area contributed by atoms with Crippen LogP contribution in [0.1, 0.15) is 22.4 Å². The summed E-state index contributed by atoms with van der Waals surface area (Å²) in [5.41, 5.74) is 9.24. The number of aromatic nitrogens is 2. The van der Waals surface area contributed by atoms with Gasteiger partial charge in [-0.1, -0.05) is 66.7 Å². The molecule has 0 radical (unpaired) electrons. The molecule has 0 saturated heterocycles. The van der Waals surface area contributed by atoms with E-state index in [2.05, 4.69) is 92.8 Å². The topological polar surface area (TPSA) is 45.0 Å².